The smallest absolute Gasteiger partial charge is 0.228 e. The van der Waals surface area contributed by atoms with Crippen LogP contribution in [0.25, 0.3) is 32.9 Å². The second-order valence-electron chi connectivity index (χ2n) is 9.25. The fraction of sp³-hybridized carbons (Fsp3) is 0.143. The maximum absolute atomic E-state index is 6.63. The summed E-state index contributed by atoms with van der Waals surface area (Å²) in [5.41, 5.74) is 4.56. The molecule has 0 spiro atoms. The predicted molar refractivity (Wildman–Crippen MR) is 134 cm³/mol. The fourth-order valence-electron chi connectivity index (χ4n) is 5.09. The van der Waals surface area contributed by atoms with Crippen molar-refractivity contribution in [1.29, 1.82) is 0 Å². The fourth-order valence-corrected chi connectivity index (χ4v) is 7.46. The van der Waals surface area contributed by atoms with Gasteiger partial charge in [0.15, 0.2) is 6.20 Å². The highest BCUT2D eigenvalue weighted by molar-refractivity contribution is 7.00. The van der Waals surface area contributed by atoms with Gasteiger partial charge in [0.1, 0.15) is 26.6 Å². The highest BCUT2D eigenvalue weighted by Gasteiger charge is 2.33. The number of hydrogen-bond acceptors (Lipinski definition) is 2. The van der Waals surface area contributed by atoms with Gasteiger partial charge >= 0.3 is 0 Å². The van der Waals surface area contributed by atoms with Crippen LogP contribution in [0, 0.1) is 6.92 Å². The Morgan fingerprint density at radius 2 is 1.69 bits per heavy atom. The molecule has 156 valence electrons. The molecule has 0 saturated carbocycles. The lowest BCUT2D eigenvalue weighted by Gasteiger charge is -2.27. The van der Waals surface area contributed by atoms with Gasteiger partial charge in [-0.05, 0) is 30.0 Å². The number of aryl methyl sites for hydroxylation is 2. The van der Waals surface area contributed by atoms with E-state index in [9.17, 15) is 0 Å². The van der Waals surface area contributed by atoms with Crippen molar-refractivity contribution in [2.75, 3.05) is 0 Å². The molecule has 0 unspecified atom stereocenters. The zero-order valence-electron chi connectivity index (χ0n) is 18.8. The molecule has 5 aromatic rings. The van der Waals surface area contributed by atoms with E-state index >= 15 is 0 Å². The van der Waals surface area contributed by atoms with Crippen LogP contribution < -0.4 is 19.7 Å². The van der Waals surface area contributed by atoms with E-state index < -0.39 is 8.07 Å². The minimum absolute atomic E-state index is 0.889. The first-order valence-corrected chi connectivity index (χ1v) is 14.0. The van der Waals surface area contributed by atoms with E-state index in [1.54, 1.807) is 0 Å². The van der Waals surface area contributed by atoms with Gasteiger partial charge in [0.25, 0.3) is 0 Å². The Morgan fingerprint density at radius 1 is 0.875 bits per heavy atom. The number of ether oxygens (including phenoxy) is 1. The Morgan fingerprint density at radius 3 is 2.50 bits per heavy atom. The molecule has 3 nitrogen and oxygen atoms in total. The molecule has 1 aliphatic rings. The molecule has 32 heavy (non-hydrogen) atoms. The summed E-state index contributed by atoms with van der Waals surface area (Å²) >= 11 is 0. The third-order valence-electron chi connectivity index (χ3n) is 7.01. The average Bonchev–Trinajstić information content (AvgIpc) is 2.81. The van der Waals surface area contributed by atoms with E-state index in [1.165, 1.54) is 43.4 Å². The predicted octanol–water partition coefficient (Wildman–Crippen LogP) is 5.12. The molecule has 0 bridgehead atoms. The zero-order chi connectivity index (χ0) is 22.0. The number of rotatable bonds is 2. The van der Waals surface area contributed by atoms with Gasteiger partial charge in [0.05, 0.1) is 16.5 Å². The molecule has 0 N–H and O–H groups in total. The summed E-state index contributed by atoms with van der Waals surface area (Å²) in [5.74, 6) is 1.84. The molecule has 0 aliphatic carbocycles. The van der Waals surface area contributed by atoms with Crippen molar-refractivity contribution in [3.63, 3.8) is 0 Å². The standard InChI is InChI=1S/C28H25N2OSi/c1-18-22-11-8-13-29-23(22)17-25-26(18)28-27-19(12-14-30(28)2)15-21(16-24(27)31-25)32(3,4)20-9-6-5-7-10-20/h5-17H,1-4H3/q+1. The molecule has 2 aromatic heterocycles. The van der Waals surface area contributed by atoms with Crippen LogP contribution in [0.3, 0.4) is 0 Å². The van der Waals surface area contributed by atoms with Crippen molar-refractivity contribution in [2.45, 2.75) is 20.0 Å². The van der Waals surface area contributed by atoms with Crippen molar-refractivity contribution in [1.82, 2.24) is 4.98 Å². The normalized spacial score (nSPS) is 12.6. The molecule has 0 amide bonds. The highest BCUT2D eigenvalue weighted by atomic mass is 28.3. The van der Waals surface area contributed by atoms with Gasteiger partial charge in [-0.1, -0.05) is 65.9 Å². The van der Waals surface area contributed by atoms with E-state index in [1.807, 2.05) is 12.3 Å². The molecule has 0 saturated heterocycles. The van der Waals surface area contributed by atoms with Crippen LogP contribution >= 0.6 is 0 Å². The van der Waals surface area contributed by atoms with E-state index in [2.05, 4.69) is 103 Å². The highest BCUT2D eigenvalue weighted by Crippen LogP contribution is 2.47. The van der Waals surface area contributed by atoms with Crippen LogP contribution in [0.5, 0.6) is 11.5 Å². The summed E-state index contributed by atoms with van der Waals surface area (Å²) in [6, 6.07) is 24.0. The maximum atomic E-state index is 6.63. The summed E-state index contributed by atoms with van der Waals surface area (Å²) in [4.78, 5) is 4.59. The summed E-state index contributed by atoms with van der Waals surface area (Å²) < 4.78 is 8.86. The first kappa shape index (κ1) is 19.2. The molecule has 6 rings (SSSR count). The molecular formula is C28H25N2OSi+. The van der Waals surface area contributed by atoms with Gasteiger partial charge in [-0.3, -0.25) is 4.98 Å². The molecule has 3 heterocycles. The van der Waals surface area contributed by atoms with Crippen LogP contribution in [-0.2, 0) is 7.05 Å². The largest absolute Gasteiger partial charge is 0.455 e. The second kappa shape index (κ2) is 6.75. The summed E-state index contributed by atoms with van der Waals surface area (Å²) in [5, 5.41) is 6.40. The van der Waals surface area contributed by atoms with Crippen molar-refractivity contribution in [3.05, 3.63) is 84.7 Å². The van der Waals surface area contributed by atoms with Crippen molar-refractivity contribution in [2.24, 2.45) is 7.05 Å². The van der Waals surface area contributed by atoms with Gasteiger partial charge in [0, 0.05) is 23.7 Å². The van der Waals surface area contributed by atoms with Crippen molar-refractivity contribution >= 4 is 40.1 Å². The topological polar surface area (TPSA) is 26.0 Å². The molecule has 1 aliphatic heterocycles. The van der Waals surface area contributed by atoms with Gasteiger partial charge in [-0.15, -0.1) is 0 Å². The van der Waals surface area contributed by atoms with Gasteiger partial charge in [-0.25, -0.2) is 4.57 Å². The zero-order valence-corrected chi connectivity index (χ0v) is 19.8. The third-order valence-corrected chi connectivity index (χ3v) is 10.5. The minimum Gasteiger partial charge on any atom is -0.455 e. The Bertz CT molecular complexity index is 1540. The molecular weight excluding hydrogens is 408 g/mol. The summed E-state index contributed by atoms with van der Waals surface area (Å²) in [6.07, 6.45) is 4.02. The van der Waals surface area contributed by atoms with E-state index in [0.29, 0.717) is 0 Å². The number of nitrogens with zero attached hydrogens (tertiary/aromatic N) is 2. The summed E-state index contributed by atoms with van der Waals surface area (Å²) in [6.45, 7) is 7.01. The van der Waals surface area contributed by atoms with Crippen LogP contribution in [0.2, 0.25) is 13.1 Å². The Hall–Kier alpha value is -3.50. The first-order valence-electron chi connectivity index (χ1n) is 11.0. The molecule has 3 aromatic carbocycles. The molecule has 0 atom stereocenters. The van der Waals surface area contributed by atoms with Crippen LogP contribution in [-0.4, -0.2) is 13.1 Å². The van der Waals surface area contributed by atoms with Gasteiger partial charge in [0.2, 0.25) is 5.69 Å². The van der Waals surface area contributed by atoms with E-state index in [4.69, 9.17) is 4.74 Å². The minimum atomic E-state index is -1.87. The molecule has 0 radical (unpaired) electrons. The van der Waals surface area contributed by atoms with Crippen LogP contribution in [0.1, 0.15) is 5.56 Å². The van der Waals surface area contributed by atoms with E-state index in [-0.39, 0.29) is 0 Å². The Balaban J connectivity index is 1.66. The number of fused-ring (bicyclic) bond motifs is 3. The SMILES string of the molecule is Cc1c2c(cc3ncccc13)Oc1cc([Si](C)(C)c3ccccc3)cc3cc[n+](C)c-2c13. The van der Waals surface area contributed by atoms with Crippen LogP contribution in [0.4, 0.5) is 0 Å². The van der Waals surface area contributed by atoms with Crippen molar-refractivity contribution < 1.29 is 9.30 Å². The molecule has 4 heteroatoms. The quantitative estimate of drug-likeness (QED) is 0.280. The molecule has 0 fully saturated rings. The number of benzene rings is 3. The van der Waals surface area contributed by atoms with E-state index in [0.717, 1.165) is 17.0 Å². The summed E-state index contributed by atoms with van der Waals surface area (Å²) in [7, 11) is 0.249. The lowest BCUT2D eigenvalue weighted by molar-refractivity contribution is -0.659. The Kier molecular flexibility index (Phi) is 4.05. The van der Waals surface area contributed by atoms with Crippen molar-refractivity contribution in [3.8, 4) is 22.8 Å². The lowest BCUT2D eigenvalue weighted by atomic mass is 9.93. The Labute approximate surface area is 189 Å². The number of pyridine rings is 2. The van der Waals surface area contributed by atoms with Gasteiger partial charge in [-0.2, -0.15) is 0 Å². The average molecular weight is 434 g/mol. The lowest BCUT2D eigenvalue weighted by Crippen LogP contribution is -2.52. The maximum Gasteiger partial charge on any atom is 0.228 e. The monoisotopic (exact) mass is 433 g/mol. The second-order valence-corrected chi connectivity index (χ2v) is 13.7. The number of hydrogen-bond donors (Lipinski definition) is 0. The van der Waals surface area contributed by atoms with Crippen LogP contribution in [0.15, 0.2) is 79.1 Å². The number of aromatic nitrogens is 2. The first-order chi connectivity index (χ1) is 15.4. The third kappa shape index (κ3) is 2.66. The van der Waals surface area contributed by atoms with Gasteiger partial charge < -0.3 is 4.74 Å².